The summed E-state index contributed by atoms with van der Waals surface area (Å²) in [6.07, 6.45) is 0. The molecule has 2 aromatic carbocycles. The molecule has 19 heavy (non-hydrogen) atoms. The van der Waals surface area contributed by atoms with Crippen LogP contribution in [0.15, 0.2) is 65.7 Å². The summed E-state index contributed by atoms with van der Waals surface area (Å²) in [6, 6.07) is 19.9. The van der Waals surface area contributed by atoms with E-state index in [9.17, 15) is 0 Å². The molecular formula is C16H21AlN2. The van der Waals surface area contributed by atoms with Gasteiger partial charge in [0, 0.05) is 5.69 Å². The van der Waals surface area contributed by atoms with E-state index in [1.165, 1.54) is 0 Å². The number of anilines is 1. The van der Waals surface area contributed by atoms with Gasteiger partial charge in [0.1, 0.15) is 5.84 Å². The molecule has 0 aliphatic carbocycles. The second-order valence-corrected chi connectivity index (χ2v) is 5.65. The van der Waals surface area contributed by atoms with E-state index in [4.69, 9.17) is 0 Å². The van der Waals surface area contributed by atoms with Crippen LogP contribution in [0.2, 0.25) is 11.6 Å². The van der Waals surface area contributed by atoms with E-state index in [1.807, 2.05) is 67.6 Å². The number of nitrogens with zero attached hydrogens (tertiary/aromatic N) is 1. The topological polar surface area (TPSA) is 24.4 Å². The molecule has 98 valence electrons. The average molecular weight is 268 g/mol. The number of para-hydroxylation sites is 2. The Labute approximate surface area is 122 Å². The summed E-state index contributed by atoms with van der Waals surface area (Å²) in [5.74, 6) is 5.41. The summed E-state index contributed by atoms with van der Waals surface area (Å²) in [4.78, 5) is 4.46. The van der Waals surface area contributed by atoms with E-state index < -0.39 is 0 Å². The zero-order valence-electron chi connectivity index (χ0n) is 11.9. The Bertz CT molecular complexity index is 481. The van der Waals surface area contributed by atoms with Gasteiger partial charge in [-0.05, 0) is 31.2 Å². The highest BCUT2D eigenvalue weighted by atomic mass is 27.1. The molecule has 0 aliphatic heterocycles. The summed E-state index contributed by atoms with van der Waals surface area (Å²) >= 11 is 0.417. The highest BCUT2D eigenvalue weighted by Crippen LogP contribution is 2.11. The maximum absolute atomic E-state index is 4.46. The number of aliphatic imine (C=N–C) groups is 1. The number of benzene rings is 2. The van der Waals surface area contributed by atoms with Crippen molar-refractivity contribution in [2.45, 2.75) is 18.5 Å². The molecule has 2 nitrogen and oxygen atoms in total. The first-order valence-corrected chi connectivity index (χ1v) is 9.51. The van der Waals surface area contributed by atoms with Crippen LogP contribution in [0.25, 0.3) is 0 Å². The van der Waals surface area contributed by atoms with Gasteiger partial charge >= 0.3 is 0 Å². The molecule has 0 bridgehead atoms. The Morgan fingerprint density at radius 2 is 1.37 bits per heavy atom. The molecule has 0 amide bonds. The third-order valence-electron chi connectivity index (χ3n) is 2.15. The minimum absolute atomic E-state index is 0.417. The first-order valence-electron chi connectivity index (χ1n) is 6.68. The van der Waals surface area contributed by atoms with E-state index in [-0.39, 0.29) is 0 Å². The van der Waals surface area contributed by atoms with Crippen molar-refractivity contribution in [2.75, 3.05) is 5.32 Å². The third-order valence-corrected chi connectivity index (χ3v) is 2.15. The standard InChI is InChI=1S/C14H14N2.2CH3.Al.H/c1-12(15-13-8-4-2-5-9-13)16-14-10-6-3-7-11-14;;;;/h2-11H,1H3,(H,15,16);2*1H3;;. The van der Waals surface area contributed by atoms with Crippen LogP contribution >= 0.6 is 0 Å². The van der Waals surface area contributed by atoms with Crippen LogP contribution in [0.1, 0.15) is 6.92 Å². The van der Waals surface area contributed by atoms with Crippen LogP contribution in [0.4, 0.5) is 11.4 Å². The predicted molar refractivity (Wildman–Crippen MR) is 88.2 cm³/mol. The van der Waals surface area contributed by atoms with Gasteiger partial charge in [0.15, 0.2) is 0 Å². The molecule has 0 unspecified atom stereocenters. The SMILES string of the molecule is CC(=Nc1ccccc1)Nc1ccccc1.[CH3][AlH][CH3]. The van der Waals surface area contributed by atoms with Crippen LogP contribution in [0.5, 0.6) is 0 Å². The van der Waals surface area contributed by atoms with Gasteiger partial charge < -0.3 is 5.32 Å². The van der Waals surface area contributed by atoms with Crippen molar-refractivity contribution in [1.29, 1.82) is 0 Å². The van der Waals surface area contributed by atoms with E-state index in [1.54, 1.807) is 0 Å². The van der Waals surface area contributed by atoms with Crippen molar-refractivity contribution in [1.82, 2.24) is 0 Å². The summed E-state index contributed by atoms with van der Waals surface area (Å²) in [7, 11) is 0. The smallest absolute Gasteiger partial charge is 0.229 e. The lowest BCUT2D eigenvalue weighted by atomic mass is 10.3. The number of hydrogen-bond acceptors (Lipinski definition) is 1. The van der Waals surface area contributed by atoms with Gasteiger partial charge in [-0.15, -0.1) is 11.6 Å². The molecule has 0 heterocycles. The minimum Gasteiger partial charge on any atom is -0.344 e. The van der Waals surface area contributed by atoms with Crippen LogP contribution in [-0.4, -0.2) is 21.1 Å². The molecule has 0 aromatic heterocycles. The second-order valence-electron chi connectivity index (χ2n) is 4.23. The molecule has 0 fully saturated rings. The molecule has 0 radical (unpaired) electrons. The van der Waals surface area contributed by atoms with Crippen molar-refractivity contribution in [2.24, 2.45) is 4.99 Å². The molecular weight excluding hydrogens is 247 g/mol. The zero-order valence-corrected chi connectivity index (χ0v) is 13.3. The fourth-order valence-electron chi connectivity index (χ4n) is 1.45. The average Bonchev–Trinajstić information content (AvgIpc) is 2.41. The fourth-order valence-corrected chi connectivity index (χ4v) is 1.45. The molecule has 0 atom stereocenters. The number of rotatable bonds is 2. The normalized spacial score (nSPS) is 10.2. The molecule has 2 aromatic rings. The molecule has 3 heteroatoms. The van der Waals surface area contributed by atoms with Crippen molar-refractivity contribution < 1.29 is 0 Å². The maximum Gasteiger partial charge on any atom is 0.229 e. The van der Waals surface area contributed by atoms with Gasteiger partial charge in [-0.25, -0.2) is 4.99 Å². The van der Waals surface area contributed by atoms with Gasteiger partial charge in [0.05, 0.1) is 5.69 Å². The Morgan fingerprint density at radius 3 is 1.89 bits per heavy atom. The predicted octanol–water partition coefficient (Wildman–Crippen LogP) is 4.37. The molecule has 1 N–H and O–H groups in total. The van der Waals surface area contributed by atoms with Gasteiger partial charge in [-0.1, -0.05) is 36.4 Å². The molecule has 0 saturated heterocycles. The summed E-state index contributed by atoms with van der Waals surface area (Å²) in [6.45, 7) is 1.96. The van der Waals surface area contributed by atoms with E-state index in [0.717, 1.165) is 17.2 Å². The Hall–Kier alpha value is -1.56. The Balaban J connectivity index is 0.000000550. The molecule has 0 spiro atoms. The van der Waals surface area contributed by atoms with Crippen molar-refractivity contribution in [3.05, 3.63) is 60.7 Å². The summed E-state index contributed by atoms with van der Waals surface area (Å²) < 4.78 is 0. The van der Waals surface area contributed by atoms with Crippen molar-refractivity contribution in [3.8, 4) is 0 Å². The monoisotopic (exact) mass is 268 g/mol. The van der Waals surface area contributed by atoms with E-state index >= 15 is 0 Å². The van der Waals surface area contributed by atoms with E-state index in [0.29, 0.717) is 15.2 Å². The maximum atomic E-state index is 4.46. The van der Waals surface area contributed by atoms with E-state index in [2.05, 4.69) is 21.9 Å². The van der Waals surface area contributed by atoms with Crippen LogP contribution in [-0.2, 0) is 0 Å². The van der Waals surface area contributed by atoms with Crippen LogP contribution in [0.3, 0.4) is 0 Å². The lowest BCUT2D eigenvalue weighted by Crippen LogP contribution is -2.06. The molecule has 0 saturated carbocycles. The lowest BCUT2D eigenvalue weighted by Gasteiger charge is -2.04. The summed E-state index contributed by atoms with van der Waals surface area (Å²) in [5, 5.41) is 3.24. The van der Waals surface area contributed by atoms with Gasteiger partial charge in [-0.3, -0.25) is 0 Å². The number of amidine groups is 1. The van der Waals surface area contributed by atoms with Crippen molar-refractivity contribution in [3.63, 3.8) is 0 Å². The largest absolute Gasteiger partial charge is 0.344 e. The highest BCUT2D eigenvalue weighted by Gasteiger charge is 1.93. The van der Waals surface area contributed by atoms with Gasteiger partial charge in [0.2, 0.25) is 15.2 Å². The molecule has 0 aliphatic rings. The Morgan fingerprint density at radius 1 is 0.895 bits per heavy atom. The van der Waals surface area contributed by atoms with Crippen LogP contribution in [0, 0.1) is 0 Å². The fraction of sp³-hybridized carbons (Fsp3) is 0.188. The lowest BCUT2D eigenvalue weighted by molar-refractivity contribution is 1.46. The number of nitrogens with one attached hydrogen (secondary N) is 1. The molecule has 2 rings (SSSR count). The first kappa shape index (κ1) is 15.5. The second kappa shape index (κ2) is 9.38. The third kappa shape index (κ3) is 6.81. The minimum atomic E-state index is 0.417. The van der Waals surface area contributed by atoms with Crippen LogP contribution < -0.4 is 5.32 Å². The van der Waals surface area contributed by atoms with Gasteiger partial charge in [-0.2, -0.15) is 0 Å². The van der Waals surface area contributed by atoms with Crippen molar-refractivity contribution >= 4 is 32.4 Å². The Kier molecular flexibility index (Phi) is 7.65. The van der Waals surface area contributed by atoms with Gasteiger partial charge in [0.25, 0.3) is 0 Å². The highest BCUT2D eigenvalue weighted by molar-refractivity contribution is 6.31. The summed E-state index contributed by atoms with van der Waals surface area (Å²) in [5.41, 5.74) is 2.02. The zero-order chi connectivity index (χ0) is 13.9. The quantitative estimate of drug-likeness (QED) is 0.488. The first-order chi connectivity index (χ1) is 9.26. The number of hydrogen-bond donors (Lipinski definition) is 1.